The third-order valence-corrected chi connectivity index (χ3v) is 4.03. The summed E-state index contributed by atoms with van der Waals surface area (Å²) in [5, 5.41) is 4.07. The van der Waals surface area contributed by atoms with Gasteiger partial charge < -0.3 is 14.2 Å². The first-order chi connectivity index (χ1) is 13.7. The number of aliphatic imine (C=N–C) groups is 1. The second-order valence-corrected chi connectivity index (χ2v) is 6.03. The van der Waals surface area contributed by atoms with Gasteiger partial charge in [0, 0.05) is 25.7 Å². The third kappa shape index (κ3) is 4.94. The number of benzene rings is 1. The van der Waals surface area contributed by atoms with Crippen molar-refractivity contribution in [2.24, 2.45) is 4.99 Å². The minimum Gasteiger partial charge on any atom is -0.473 e. The molecule has 3 rings (SSSR count). The maximum atomic E-state index is 11.8. The topological polar surface area (TPSA) is 80.5 Å². The average molecular weight is 375 g/mol. The molecule has 28 heavy (non-hydrogen) atoms. The van der Waals surface area contributed by atoms with Crippen LogP contribution in [0.5, 0.6) is 0 Å². The molecular weight excluding hydrogens is 354 g/mol. The van der Waals surface area contributed by atoms with Crippen molar-refractivity contribution in [3.8, 4) is 11.3 Å². The number of rotatable bonds is 7. The summed E-state index contributed by atoms with van der Waals surface area (Å²) in [7, 11) is 1.68. The largest absolute Gasteiger partial charge is 0.473 e. The Balaban J connectivity index is 1.62. The lowest BCUT2D eigenvalue weighted by Crippen LogP contribution is -2.06. The summed E-state index contributed by atoms with van der Waals surface area (Å²) in [4.78, 5) is 18.5. The van der Waals surface area contributed by atoms with Crippen molar-refractivity contribution in [3.63, 3.8) is 0 Å². The molecule has 3 aromatic rings. The zero-order valence-corrected chi connectivity index (χ0v) is 15.6. The van der Waals surface area contributed by atoms with Crippen molar-refractivity contribution in [3.05, 3.63) is 101 Å². The first-order valence-electron chi connectivity index (χ1n) is 8.80. The van der Waals surface area contributed by atoms with Crippen LogP contribution in [-0.4, -0.2) is 23.1 Å². The highest BCUT2D eigenvalue weighted by atomic mass is 16.5. The summed E-state index contributed by atoms with van der Waals surface area (Å²) >= 11 is 0. The molecule has 0 atom stereocenters. The van der Waals surface area contributed by atoms with Crippen molar-refractivity contribution < 1.29 is 9.26 Å². The van der Waals surface area contributed by atoms with E-state index in [-0.39, 0.29) is 5.56 Å². The first kappa shape index (κ1) is 19.1. The lowest BCUT2D eigenvalue weighted by atomic mass is 10.1. The minimum absolute atomic E-state index is 0.201. The lowest BCUT2D eigenvalue weighted by molar-refractivity contribution is 0.295. The Labute approximate surface area is 162 Å². The van der Waals surface area contributed by atoms with Gasteiger partial charge in [0.15, 0.2) is 5.76 Å². The lowest BCUT2D eigenvalue weighted by Gasteiger charge is -2.06. The van der Waals surface area contributed by atoms with E-state index in [9.17, 15) is 4.79 Å². The number of aromatic amines is 1. The fraction of sp³-hybridized carbons (Fsp3) is 0.136. The van der Waals surface area contributed by atoms with Crippen molar-refractivity contribution >= 4 is 5.90 Å². The Morgan fingerprint density at radius 1 is 1.29 bits per heavy atom. The molecule has 2 heterocycles. The highest BCUT2D eigenvalue weighted by Crippen LogP contribution is 2.18. The van der Waals surface area contributed by atoms with Gasteiger partial charge in [-0.1, -0.05) is 48.2 Å². The summed E-state index contributed by atoms with van der Waals surface area (Å²) in [5.41, 5.74) is 3.15. The Morgan fingerprint density at radius 2 is 2.07 bits per heavy atom. The number of ether oxygens (including phenoxy) is 1. The standard InChI is InChI=1S/C22H21N3O3/c1-3-4-7-21(23-2)27-15-17-10-8-16(9-11-17)13-18-14-20(28-25-18)19-6-5-12-24-22(19)26/h3-12,14H,1,13,15H2,2H3,(H,24,26)/b7-4-,23-21?. The molecule has 0 aliphatic carbocycles. The first-order valence-corrected chi connectivity index (χ1v) is 8.80. The highest BCUT2D eigenvalue weighted by Gasteiger charge is 2.10. The molecule has 6 heteroatoms. The number of hydrogen-bond donors (Lipinski definition) is 1. The van der Waals surface area contributed by atoms with Gasteiger partial charge in [-0.3, -0.25) is 9.79 Å². The molecule has 6 nitrogen and oxygen atoms in total. The van der Waals surface area contributed by atoms with Crippen LogP contribution in [0.25, 0.3) is 11.3 Å². The van der Waals surface area contributed by atoms with Gasteiger partial charge in [0.25, 0.3) is 5.56 Å². The molecule has 0 saturated carbocycles. The van der Waals surface area contributed by atoms with Crippen LogP contribution < -0.4 is 5.56 Å². The summed E-state index contributed by atoms with van der Waals surface area (Å²) in [5.74, 6) is 1.01. The van der Waals surface area contributed by atoms with E-state index in [1.165, 1.54) is 0 Å². The van der Waals surface area contributed by atoms with Crippen LogP contribution in [0.3, 0.4) is 0 Å². The maximum absolute atomic E-state index is 11.8. The predicted octanol–water partition coefficient (Wildman–Crippen LogP) is 3.91. The molecule has 0 unspecified atom stereocenters. The molecule has 0 aliphatic heterocycles. The van der Waals surface area contributed by atoms with E-state index < -0.39 is 0 Å². The molecule has 0 spiro atoms. The molecule has 0 radical (unpaired) electrons. The zero-order valence-electron chi connectivity index (χ0n) is 15.6. The summed E-state index contributed by atoms with van der Waals surface area (Å²) in [6.07, 6.45) is 7.41. The van der Waals surface area contributed by atoms with Gasteiger partial charge in [-0.2, -0.15) is 0 Å². The summed E-state index contributed by atoms with van der Waals surface area (Å²) < 4.78 is 11.0. The van der Waals surface area contributed by atoms with Gasteiger partial charge >= 0.3 is 0 Å². The molecule has 0 fully saturated rings. The van der Waals surface area contributed by atoms with Crippen LogP contribution in [0.15, 0.2) is 87.8 Å². The summed E-state index contributed by atoms with van der Waals surface area (Å²) in [6, 6.07) is 13.3. The number of hydrogen-bond acceptors (Lipinski definition) is 5. The second-order valence-electron chi connectivity index (χ2n) is 6.03. The van der Waals surface area contributed by atoms with Crippen LogP contribution in [0.4, 0.5) is 0 Å². The van der Waals surface area contributed by atoms with E-state index in [2.05, 4.69) is 21.7 Å². The average Bonchev–Trinajstić information content (AvgIpc) is 3.18. The molecule has 142 valence electrons. The molecule has 0 amide bonds. The number of pyridine rings is 1. The summed E-state index contributed by atoms with van der Waals surface area (Å²) in [6.45, 7) is 4.06. The van der Waals surface area contributed by atoms with Gasteiger partial charge in [-0.15, -0.1) is 0 Å². The van der Waals surface area contributed by atoms with Crippen LogP contribution in [0, 0.1) is 0 Å². The maximum Gasteiger partial charge on any atom is 0.259 e. The molecule has 2 aromatic heterocycles. The Morgan fingerprint density at radius 3 is 2.79 bits per heavy atom. The molecule has 1 N–H and O–H groups in total. The van der Waals surface area contributed by atoms with E-state index >= 15 is 0 Å². The molecule has 0 bridgehead atoms. The van der Waals surface area contributed by atoms with E-state index in [1.54, 1.807) is 49.7 Å². The molecular formula is C22H21N3O3. The Kier molecular flexibility index (Phi) is 6.36. The van der Waals surface area contributed by atoms with E-state index in [4.69, 9.17) is 9.26 Å². The van der Waals surface area contributed by atoms with Crippen LogP contribution in [-0.2, 0) is 17.8 Å². The number of nitrogens with one attached hydrogen (secondary N) is 1. The SMILES string of the molecule is C=C/C=C\C(=NC)OCc1ccc(Cc2cc(-c3ccc[nH]c3=O)on2)cc1. The Hall–Kier alpha value is -3.67. The quantitative estimate of drug-likeness (QED) is 0.386. The van der Waals surface area contributed by atoms with E-state index in [0.29, 0.717) is 30.2 Å². The molecule has 0 aliphatic rings. The van der Waals surface area contributed by atoms with Crippen LogP contribution in [0.1, 0.15) is 16.8 Å². The second kappa shape index (κ2) is 9.32. The van der Waals surface area contributed by atoms with Crippen molar-refractivity contribution in [1.82, 2.24) is 10.1 Å². The van der Waals surface area contributed by atoms with Gasteiger partial charge in [0.05, 0.1) is 11.3 Å². The molecule has 0 saturated heterocycles. The number of nitrogens with zero attached hydrogens (tertiary/aromatic N) is 2. The third-order valence-electron chi connectivity index (χ3n) is 4.03. The normalized spacial score (nSPS) is 11.7. The fourth-order valence-corrected chi connectivity index (χ4v) is 2.59. The van der Waals surface area contributed by atoms with E-state index in [1.807, 2.05) is 24.3 Å². The van der Waals surface area contributed by atoms with Gasteiger partial charge in [0.1, 0.15) is 6.61 Å². The van der Waals surface area contributed by atoms with Crippen molar-refractivity contribution in [1.29, 1.82) is 0 Å². The molecule has 1 aromatic carbocycles. The van der Waals surface area contributed by atoms with Gasteiger partial charge in [-0.25, -0.2) is 0 Å². The van der Waals surface area contributed by atoms with Gasteiger partial charge in [-0.05, 0) is 29.3 Å². The Bertz CT molecular complexity index is 1040. The van der Waals surface area contributed by atoms with Crippen molar-refractivity contribution in [2.75, 3.05) is 7.05 Å². The fourth-order valence-electron chi connectivity index (χ4n) is 2.59. The highest BCUT2D eigenvalue weighted by molar-refractivity contribution is 5.87. The number of H-pyrrole nitrogens is 1. The number of allylic oxidation sites excluding steroid dienone is 2. The monoisotopic (exact) mass is 375 g/mol. The predicted molar refractivity (Wildman–Crippen MR) is 109 cm³/mol. The van der Waals surface area contributed by atoms with Crippen LogP contribution in [0.2, 0.25) is 0 Å². The zero-order chi connectivity index (χ0) is 19.8. The van der Waals surface area contributed by atoms with Crippen molar-refractivity contribution in [2.45, 2.75) is 13.0 Å². The van der Waals surface area contributed by atoms with Gasteiger partial charge in [0.2, 0.25) is 5.90 Å². The smallest absolute Gasteiger partial charge is 0.259 e. The minimum atomic E-state index is -0.201. The number of aromatic nitrogens is 2. The van der Waals surface area contributed by atoms with E-state index in [0.717, 1.165) is 16.8 Å². The van der Waals surface area contributed by atoms with Crippen LogP contribution >= 0.6 is 0 Å².